The SMILES string of the molecule is OP(O)O.c1ccc(-c2ccccn2)nc1. The van der Waals surface area contributed by atoms with Gasteiger partial charge in [0, 0.05) is 12.4 Å². The first-order valence-electron chi connectivity index (χ1n) is 4.39. The fourth-order valence-corrected chi connectivity index (χ4v) is 1.03. The molecule has 3 N–H and O–H groups in total. The molecule has 0 spiro atoms. The second-order valence-electron chi connectivity index (χ2n) is 2.70. The Bertz CT molecular complexity index is 357. The Morgan fingerprint density at radius 1 is 0.750 bits per heavy atom. The summed E-state index contributed by atoms with van der Waals surface area (Å²) in [7, 11) is -2.62. The number of rotatable bonds is 1. The second-order valence-corrected chi connectivity index (χ2v) is 3.23. The molecular weight excluding hydrogens is 227 g/mol. The Labute approximate surface area is 94.1 Å². The summed E-state index contributed by atoms with van der Waals surface area (Å²) in [6.07, 6.45) is 3.54. The van der Waals surface area contributed by atoms with Crippen LogP contribution in [0.1, 0.15) is 0 Å². The van der Waals surface area contributed by atoms with Crippen molar-refractivity contribution in [1.29, 1.82) is 0 Å². The molecule has 0 aliphatic carbocycles. The third-order valence-corrected chi connectivity index (χ3v) is 1.59. The first kappa shape index (κ1) is 12.7. The van der Waals surface area contributed by atoms with Crippen molar-refractivity contribution < 1.29 is 14.7 Å². The number of hydrogen-bond donors (Lipinski definition) is 3. The highest BCUT2D eigenvalue weighted by Crippen LogP contribution is 2.11. The number of nitrogens with zero attached hydrogens (tertiary/aromatic N) is 2. The summed E-state index contributed by atoms with van der Waals surface area (Å²) in [6.45, 7) is 0. The van der Waals surface area contributed by atoms with E-state index in [0.717, 1.165) is 11.4 Å². The maximum absolute atomic E-state index is 7.23. The summed E-state index contributed by atoms with van der Waals surface area (Å²) in [5.41, 5.74) is 1.83. The van der Waals surface area contributed by atoms with Gasteiger partial charge in [0.25, 0.3) is 0 Å². The highest BCUT2D eigenvalue weighted by Gasteiger charge is 1.95. The van der Waals surface area contributed by atoms with E-state index in [0.29, 0.717) is 0 Å². The van der Waals surface area contributed by atoms with Gasteiger partial charge in [0.15, 0.2) is 0 Å². The Balaban J connectivity index is 0.000000280. The number of hydrogen-bond acceptors (Lipinski definition) is 5. The standard InChI is InChI=1S/C10H8N2.H3O3P/c1-3-7-11-9(5-1)10-6-2-4-8-12-10;1-4(2)3/h1-8H;1-3H. The largest absolute Gasteiger partial charge is 0.328 e. The van der Waals surface area contributed by atoms with Gasteiger partial charge in [-0.25, -0.2) is 0 Å². The quantitative estimate of drug-likeness (QED) is 0.652. The van der Waals surface area contributed by atoms with E-state index in [9.17, 15) is 0 Å². The second kappa shape index (κ2) is 6.98. The predicted molar refractivity (Wildman–Crippen MR) is 61.0 cm³/mol. The van der Waals surface area contributed by atoms with Crippen molar-refractivity contribution in [3.63, 3.8) is 0 Å². The zero-order chi connectivity index (χ0) is 11.8. The van der Waals surface area contributed by atoms with Crippen molar-refractivity contribution in [3.8, 4) is 11.4 Å². The lowest BCUT2D eigenvalue weighted by atomic mass is 10.2. The molecule has 84 valence electrons. The Kier molecular flexibility index (Phi) is 5.53. The van der Waals surface area contributed by atoms with Gasteiger partial charge in [0.1, 0.15) is 0 Å². The third-order valence-electron chi connectivity index (χ3n) is 1.59. The van der Waals surface area contributed by atoms with Gasteiger partial charge >= 0.3 is 8.60 Å². The molecule has 2 aromatic heterocycles. The molecule has 6 heteroatoms. The van der Waals surface area contributed by atoms with Crippen LogP contribution < -0.4 is 0 Å². The molecule has 5 nitrogen and oxygen atoms in total. The van der Waals surface area contributed by atoms with Crippen LogP contribution in [0, 0.1) is 0 Å². The van der Waals surface area contributed by atoms with Crippen LogP contribution in [0.2, 0.25) is 0 Å². The van der Waals surface area contributed by atoms with Gasteiger partial charge in [0.05, 0.1) is 11.4 Å². The molecule has 2 aromatic rings. The number of aromatic nitrogens is 2. The fourth-order valence-electron chi connectivity index (χ4n) is 1.03. The van der Waals surface area contributed by atoms with E-state index in [1.54, 1.807) is 12.4 Å². The Hall–Kier alpha value is -1.39. The maximum atomic E-state index is 7.23. The van der Waals surface area contributed by atoms with Gasteiger partial charge in [-0.2, -0.15) is 0 Å². The molecule has 0 bridgehead atoms. The molecule has 0 aromatic carbocycles. The van der Waals surface area contributed by atoms with Gasteiger partial charge in [0.2, 0.25) is 0 Å². The van der Waals surface area contributed by atoms with E-state index in [-0.39, 0.29) is 0 Å². The highest BCUT2D eigenvalue weighted by molar-refractivity contribution is 7.38. The van der Waals surface area contributed by atoms with Crippen LogP contribution >= 0.6 is 8.60 Å². The van der Waals surface area contributed by atoms with Crippen LogP contribution in [-0.4, -0.2) is 24.6 Å². The van der Waals surface area contributed by atoms with Gasteiger partial charge < -0.3 is 14.7 Å². The third kappa shape index (κ3) is 4.91. The van der Waals surface area contributed by atoms with Crippen molar-refractivity contribution in [2.75, 3.05) is 0 Å². The lowest BCUT2D eigenvalue weighted by molar-refractivity contribution is 0.368. The molecule has 0 saturated carbocycles. The van der Waals surface area contributed by atoms with Crippen LogP contribution in [0.15, 0.2) is 48.8 Å². The van der Waals surface area contributed by atoms with Crippen molar-refractivity contribution in [2.24, 2.45) is 0 Å². The van der Waals surface area contributed by atoms with Crippen molar-refractivity contribution >= 4 is 8.60 Å². The Morgan fingerprint density at radius 2 is 1.12 bits per heavy atom. The monoisotopic (exact) mass is 238 g/mol. The molecule has 0 aliphatic heterocycles. The van der Waals surface area contributed by atoms with E-state index >= 15 is 0 Å². The van der Waals surface area contributed by atoms with E-state index in [1.165, 1.54) is 0 Å². The average molecular weight is 238 g/mol. The smallest absolute Gasteiger partial charge is 0.324 e. The van der Waals surface area contributed by atoms with Gasteiger partial charge in [-0.15, -0.1) is 0 Å². The normalized spacial score (nSPS) is 9.50. The average Bonchev–Trinajstić information content (AvgIpc) is 2.31. The van der Waals surface area contributed by atoms with E-state index < -0.39 is 8.60 Å². The van der Waals surface area contributed by atoms with Gasteiger partial charge in [-0.3, -0.25) is 9.97 Å². The molecule has 0 saturated heterocycles. The van der Waals surface area contributed by atoms with E-state index in [1.807, 2.05) is 36.4 Å². The highest BCUT2D eigenvalue weighted by atomic mass is 31.2. The first-order chi connectivity index (χ1) is 7.70. The summed E-state index contributed by atoms with van der Waals surface area (Å²) >= 11 is 0. The summed E-state index contributed by atoms with van der Waals surface area (Å²) in [5.74, 6) is 0. The van der Waals surface area contributed by atoms with Crippen LogP contribution in [0.25, 0.3) is 11.4 Å². The molecule has 2 rings (SSSR count). The van der Waals surface area contributed by atoms with Crippen LogP contribution in [0.3, 0.4) is 0 Å². The topological polar surface area (TPSA) is 86.5 Å². The maximum Gasteiger partial charge on any atom is 0.324 e. The van der Waals surface area contributed by atoms with Crippen LogP contribution in [-0.2, 0) is 0 Å². The lowest BCUT2D eigenvalue weighted by Crippen LogP contribution is -1.83. The van der Waals surface area contributed by atoms with Gasteiger partial charge in [-0.1, -0.05) is 12.1 Å². The molecule has 0 unspecified atom stereocenters. The molecule has 0 radical (unpaired) electrons. The molecule has 0 aliphatic rings. The van der Waals surface area contributed by atoms with Crippen molar-refractivity contribution in [1.82, 2.24) is 9.97 Å². The molecule has 2 heterocycles. The van der Waals surface area contributed by atoms with Crippen molar-refractivity contribution in [2.45, 2.75) is 0 Å². The fraction of sp³-hybridized carbons (Fsp3) is 0. The molecule has 0 atom stereocenters. The minimum absolute atomic E-state index is 0.915. The summed E-state index contributed by atoms with van der Waals surface area (Å²) < 4.78 is 0. The van der Waals surface area contributed by atoms with E-state index in [2.05, 4.69) is 9.97 Å². The number of pyridine rings is 2. The molecule has 0 amide bonds. The predicted octanol–water partition coefficient (Wildman–Crippen LogP) is 1.33. The first-order valence-corrected chi connectivity index (χ1v) is 5.59. The van der Waals surface area contributed by atoms with Gasteiger partial charge in [-0.05, 0) is 24.3 Å². The Morgan fingerprint density at radius 3 is 1.38 bits per heavy atom. The summed E-state index contributed by atoms with van der Waals surface area (Å²) in [5, 5.41) is 0. The lowest BCUT2D eigenvalue weighted by Gasteiger charge is -1.96. The zero-order valence-corrected chi connectivity index (χ0v) is 9.20. The molecule has 0 fully saturated rings. The summed E-state index contributed by atoms with van der Waals surface area (Å²) in [6, 6.07) is 11.6. The minimum Gasteiger partial charge on any atom is -0.328 e. The zero-order valence-electron chi connectivity index (χ0n) is 8.30. The molecule has 16 heavy (non-hydrogen) atoms. The molecular formula is C10H11N2O3P. The minimum atomic E-state index is -2.62. The summed E-state index contributed by atoms with van der Waals surface area (Å²) in [4.78, 5) is 30.1. The van der Waals surface area contributed by atoms with Crippen LogP contribution in [0.5, 0.6) is 0 Å². The van der Waals surface area contributed by atoms with Crippen molar-refractivity contribution in [3.05, 3.63) is 48.8 Å². The van der Waals surface area contributed by atoms with Crippen LogP contribution in [0.4, 0.5) is 0 Å². The van der Waals surface area contributed by atoms with E-state index in [4.69, 9.17) is 14.7 Å².